The van der Waals surface area contributed by atoms with Crippen LogP contribution in [0.1, 0.15) is 37.9 Å². The Morgan fingerprint density at radius 1 is 1.20 bits per heavy atom. The van der Waals surface area contributed by atoms with Gasteiger partial charge in [-0.15, -0.1) is 0 Å². The van der Waals surface area contributed by atoms with Crippen LogP contribution in [-0.4, -0.2) is 23.6 Å². The van der Waals surface area contributed by atoms with E-state index in [1.54, 1.807) is 19.9 Å². The molecule has 0 unspecified atom stereocenters. The number of nitrogens with zero attached hydrogens (tertiary/aromatic N) is 1. The average Bonchev–Trinajstić information content (AvgIpc) is 2.78. The summed E-state index contributed by atoms with van der Waals surface area (Å²) in [6, 6.07) is 8.61. The van der Waals surface area contributed by atoms with Crippen LogP contribution in [0.4, 0.5) is 13.2 Å². The van der Waals surface area contributed by atoms with Crippen LogP contribution in [0.5, 0.6) is 0 Å². The van der Waals surface area contributed by atoms with Gasteiger partial charge in [0, 0.05) is 6.54 Å². The van der Waals surface area contributed by atoms with E-state index in [-0.39, 0.29) is 12.1 Å². The van der Waals surface area contributed by atoms with Crippen LogP contribution in [0.15, 0.2) is 36.4 Å². The number of rotatable bonds is 3. The second kappa shape index (κ2) is 6.02. The van der Waals surface area contributed by atoms with E-state index in [2.05, 4.69) is 5.43 Å². The molecule has 1 atom stereocenters. The summed E-state index contributed by atoms with van der Waals surface area (Å²) in [5.74, 6) is -0.391. The number of nitrogens with one attached hydrogen (secondary N) is 1. The summed E-state index contributed by atoms with van der Waals surface area (Å²) in [6.45, 7) is 5.22. The fraction of sp³-hybridized carbons (Fsp3) is 0.421. The smallest absolute Gasteiger partial charge is 0.287 e. The molecule has 0 spiro atoms. The molecule has 1 N–H and O–H groups in total. The molecule has 2 aromatic carbocycles. The lowest BCUT2D eigenvalue weighted by atomic mass is 9.91. The number of aryl methyl sites for hydroxylation is 1. The third kappa shape index (κ3) is 3.11. The zero-order chi connectivity index (χ0) is 18.4. The monoisotopic (exact) mass is 350 g/mol. The fourth-order valence-corrected chi connectivity index (χ4v) is 3.47. The van der Waals surface area contributed by atoms with Gasteiger partial charge in [-0.1, -0.05) is 43.3 Å². The highest BCUT2D eigenvalue weighted by molar-refractivity contribution is 5.89. The molecule has 0 bridgehead atoms. The lowest BCUT2D eigenvalue weighted by Gasteiger charge is -2.31. The summed E-state index contributed by atoms with van der Waals surface area (Å²) < 4.78 is 42.0. The molecule has 0 radical (unpaired) electrons. The molecule has 3 rings (SSSR count). The minimum atomic E-state index is -4.51. The van der Waals surface area contributed by atoms with E-state index < -0.39 is 23.5 Å². The zero-order valence-corrected chi connectivity index (χ0v) is 14.4. The van der Waals surface area contributed by atoms with Gasteiger partial charge in [-0.25, -0.2) is 5.01 Å². The van der Waals surface area contributed by atoms with E-state index in [0.717, 1.165) is 16.0 Å². The predicted octanol–water partition coefficient (Wildman–Crippen LogP) is 4.38. The van der Waals surface area contributed by atoms with Gasteiger partial charge in [0.15, 0.2) is 6.04 Å². The highest BCUT2D eigenvalue weighted by atomic mass is 19.4. The number of halogens is 3. The van der Waals surface area contributed by atoms with Crippen LogP contribution < -0.4 is 5.43 Å². The molecule has 1 fully saturated rings. The maximum atomic E-state index is 14.0. The molecule has 6 heteroatoms. The first-order chi connectivity index (χ1) is 11.6. The normalized spacial score (nSPS) is 19.2. The summed E-state index contributed by atoms with van der Waals surface area (Å²) in [5, 5.41) is 2.42. The molecule has 0 saturated carbocycles. The van der Waals surface area contributed by atoms with Crippen molar-refractivity contribution in [2.24, 2.45) is 5.41 Å². The van der Waals surface area contributed by atoms with Crippen LogP contribution in [0.2, 0.25) is 0 Å². The summed E-state index contributed by atoms with van der Waals surface area (Å²) in [5.41, 5.74) is 2.62. The lowest BCUT2D eigenvalue weighted by Crippen LogP contribution is -2.43. The Bertz CT molecular complexity index is 809. The number of carbonyl (C=O) groups is 1. The third-order valence-corrected chi connectivity index (χ3v) is 4.75. The number of hydrogen-bond donors (Lipinski definition) is 1. The van der Waals surface area contributed by atoms with Crippen molar-refractivity contribution in [1.82, 2.24) is 10.4 Å². The minimum absolute atomic E-state index is 0.000684. The second-order valence-electron chi connectivity index (χ2n) is 7.11. The largest absolute Gasteiger partial charge is 0.409 e. The number of alkyl halides is 3. The molecule has 3 nitrogen and oxygen atoms in total. The van der Waals surface area contributed by atoms with Crippen LogP contribution >= 0.6 is 0 Å². The molecule has 134 valence electrons. The molecule has 2 aromatic rings. The predicted molar refractivity (Wildman–Crippen MR) is 90.8 cm³/mol. The van der Waals surface area contributed by atoms with Crippen molar-refractivity contribution in [3.05, 3.63) is 47.5 Å². The summed E-state index contributed by atoms with van der Waals surface area (Å²) in [6.07, 6.45) is -3.88. The Morgan fingerprint density at radius 3 is 2.36 bits per heavy atom. The molecule has 1 amide bonds. The van der Waals surface area contributed by atoms with Crippen LogP contribution in [0.3, 0.4) is 0 Å². The van der Waals surface area contributed by atoms with Crippen molar-refractivity contribution in [3.63, 3.8) is 0 Å². The van der Waals surface area contributed by atoms with Gasteiger partial charge < -0.3 is 0 Å². The Balaban J connectivity index is 2.19. The first-order valence-corrected chi connectivity index (χ1v) is 8.30. The van der Waals surface area contributed by atoms with Crippen LogP contribution in [0, 0.1) is 5.41 Å². The molecule has 1 aliphatic rings. The molecule has 25 heavy (non-hydrogen) atoms. The SMILES string of the molecule is CCc1cccc2cccc([C@H](N3CC(C)(C)C(=O)N3)C(F)(F)F)c12. The summed E-state index contributed by atoms with van der Waals surface area (Å²) in [4.78, 5) is 12.0. The molecule has 1 heterocycles. The van der Waals surface area contributed by atoms with Gasteiger partial charge in [-0.2, -0.15) is 13.2 Å². The number of benzene rings is 2. The number of fused-ring (bicyclic) bond motifs is 1. The van der Waals surface area contributed by atoms with E-state index in [0.29, 0.717) is 11.8 Å². The van der Waals surface area contributed by atoms with Crippen LogP contribution in [0.25, 0.3) is 10.8 Å². The van der Waals surface area contributed by atoms with Gasteiger partial charge in [0.05, 0.1) is 5.41 Å². The third-order valence-electron chi connectivity index (χ3n) is 4.75. The van der Waals surface area contributed by atoms with Crippen molar-refractivity contribution in [1.29, 1.82) is 0 Å². The van der Waals surface area contributed by atoms with E-state index in [1.165, 1.54) is 6.07 Å². The Labute approximate surface area is 144 Å². The minimum Gasteiger partial charge on any atom is -0.287 e. The van der Waals surface area contributed by atoms with Crippen molar-refractivity contribution in [2.45, 2.75) is 39.4 Å². The van der Waals surface area contributed by atoms with E-state index in [1.807, 2.05) is 31.2 Å². The molecule has 0 aromatic heterocycles. The number of carbonyl (C=O) groups excluding carboxylic acids is 1. The first kappa shape index (κ1) is 17.7. The van der Waals surface area contributed by atoms with E-state index >= 15 is 0 Å². The van der Waals surface area contributed by atoms with E-state index in [9.17, 15) is 18.0 Å². The number of hydrazine groups is 1. The maximum absolute atomic E-state index is 14.0. The standard InChI is InChI=1S/C19H21F3N2O/c1-4-12-7-5-8-13-9-6-10-14(15(12)13)16(19(20,21)22)24-11-18(2,3)17(25)23-24/h5-10,16H,4,11H2,1-3H3,(H,23,25)/t16-/m0/s1. The second-order valence-corrected chi connectivity index (χ2v) is 7.11. The van der Waals surface area contributed by atoms with Crippen molar-refractivity contribution < 1.29 is 18.0 Å². The molecule has 1 aliphatic heterocycles. The molecular formula is C19H21F3N2O. The highest BCUT2D eigenvalue weighted by Gasteiger charge is 2.51. The van der Waals surface area contributed by atoms with Gasteiger partial charge in [-0.3, -0.25) is 10.2 Å². The van der Waals surface area contributed by atoms with Crippen LogP contribution in [-0.2, 0) is 11.2 Å². The Morgan fingerprint density at radius 2 is 1.84 bits per heavy atom. The summed E-state index contributed by atoms with van der Waals surface area (Å²) in [7, 11) is 0. The average molecular weight is 350 g/mol. The lowest BCUT2D eigenvalue weighted by molar-refractivity contribution is -0.191. The van der Waals surface area contributed by atoms with Crippen molar-refractivity contribution >= 4 is 16.7 Å². The first-order valence-electron chi connectivity index (χ1n) is 8.30. The maximum Gasteiger partial charge on any atom is 0.409 e. The Hall–Kier alpha value is -2.08. The Kier molecular flexibility index (Phi) is 4.27. The number of hydrogen-bond acceptors (Lipinski definition) is 2. The van der Waals surface area contributed by atoms with Gasteiger partial charge in [0.2, 0.25) is 5.91 Å². The van der Waals surface area contributed by atoms with Crippen molar-refractivity contribution in [2.75, 3.05) is 6.54 Å². The van der Waals surface area contributed by atoms with Crippen molar-refractivity contribution in [3.8, 4) is 0 Å². The van der Waals surface area contributed by atoms with Gasteiger partial charge in [0.1, 0.15) is 0 Å². The van der Waals surface area contributed by atoms with Gasteiger partial charge in [-0.05, 0) is 42.2 Å². The topological polar surface area (TPSA) is 32.3 Å². The highest BCUT2D eigenvalue weighted by Crippen LogP contribution is 2.43. The molecule has 1 saturated heterocycles. The van der Waals surface area contributed by atoms with Gasteiger partial charge in [0.25, 0.3) is 0 Å². The molecular weight excluding hydrogens is 329 g/mol. The molecule has 0 aliphatic carbocycles. The zero-order valence-electron chi connectivity index (χ0n) is 14.4. The van der Waals surface area contributed by atoms with E-state index in [4.69, 9.17) is 0 Å². The quantitative estimate of drug-likeness (QED) is 0.891. The summed E-state index contributed by atoms with van der Waals surface area (Å²) >= 11 is 0. The fourth-order valence-electron chi connectivity index (χ4n) is 3.47. The number of amides is 1. The van der Waals surface area contributed by atoms with Gasteiger partial charge >= 0.3 is 6.18 Å².